The van der Waals surface area contributed by atoms with Gasteiger partial charge in [-0.2, -0.15) is 0 Å². The maximum atomic E-state index is 6.59. The van der Waals surface area contributed by atoms with Crippen LogP contribution >= 0.6 is 0 Å². The van der Waals surface area contributed by atoms with Gasteiger partial charge in [-0.25, -0.2) is 9.97 Å². The molecule has 0 unspecified atom stereocenters. The zero-order chi connectivity index (χ0) is 37.0. The Kier molecular flexibility index (Phi) is 7.46. The molecular weight excluding hydrogens is 683 g/mol. The van der Waals surface area contributed by atoms with E-state index in [0.29, 0.717) is 5.82 Å². The zero-order valence-corrected chi connectivity index (χ0v) is 30.3. The van der Waals surface area contributed by atoms with E-state index in [2.05, 4.69) is 180 Å². The Morgan fingerprint density at radius 1 is 0.375 bits per heavy atom. The van der Waals surface area contributed by atoms with Crippen molar-refractivity contribution in [3.63, 3.8) is 0 Å². The van der Waals surface area contributed by atoms with E-state index in [1.807, 2.05) is 24.3 Å². The molecule has 0 aliphatic carbocycles. The first kappa shape index (κ1) is 31.9. The Morgan fingerprint density at radius 3 is 1.77 bits per heavy atom. The molecule has 0 saturated heterocycles. The summed E-state index contributed by atoms with van der Waals surface area (Å²) < 4.78 is 8.93. The van der Waals surface area contributed by atoms with Crippen LogP contribution in [0.4, 0.5) is 0 Å². The molecule has 0 fully saturated rings. The number of fused-ring (bicyclic) bond motifs is 6. The standard InChI is InChI=1S/C52H33N3O/c1-3-14-34(15-4-1)36-28-30-37(31-29-36)52-53-44(39-19-11-18-38(32-39)35-16-5-2-6-17-35)33-45(54-52)42-23-13-25-47-50(42)43-21-7-9-24-46(43)55(47)48-26-12-22-41-40-20-8-10-27-49(40)56-51(41)48/h1-33H. The third-order valence-electron chi connectivity index (χ3n) is 10.8. The van der Waals surface area contributed by atoms with Crippen LogP contribution in [0.25, 0.3) is 106 Å². The highest BCUT2D eigenvalue weighted by Crippen LogP contribution is 2.42. The molecular formula is C52H33N3O. The molecule has 56 heavy (non-hydrogen) atoms. The van der Waals surface area contributed by atoms with Gasteiger partial charge >= 0.3 is 0 Å². The fourth-order valence-corrected chi connectivity index (χ4v) is 8.19. The van der Waals surface area contributed by atoms with Gasteiger partial charge in [-0.05, 0) is 58.7 Å². The van der Waals surface area contributed by atoms with Crippen molar-refractivity contribution in [1.82, 2.24) is 14.5 Å². The SMILES string of the molecule is c1ccc(-c2ccc(-c3nc(-c4cccc(-c5ccccc5)c4)cc(-c4cccc5c4c4ccccc4n5-c4cccc5c4oc4ccccc45)n3)cc2)cc1. The Balaban J connectivity index is 1.14. The lowest BCUT2D eigenvalue weighted by Gasteiger charge is -2.12. The number of furan rings is 1. The minimum atomic E-state index is 0.676. The number of aromatic nitrogens is 3. The minimum absolute atomic E-state index is 0.676. The number of hydrogen-bond donors (Lipinski definition) is 0. The molecule has 0 aliphatic heterocycles. The molecule has 0 N–H and O–H groups in total. The molecule has 4 nitrogen and oxygen atoms in total. The summed E-state index contributed by atoms with van der Waals surface area (Å²) in [4.78, 5) is 10.6. The van der Waals surface area contributed by atoms with Crippen molar-refractivity contribution < 1.29 is 4.42 Å². The van der Waals surface area contributed by atoms with E-state index < -0.39 is 0 Å². The summed E-state index contributed by atoms with van der Waals surface area (Å²) in [5.41, 5.74) is 14.3. The van der Waals surface area contributed by atoms with Crippen molar-refractivity contribution in [2.45, 2.75) is 0 Å². The molecule has 3 aromatic heterocycles. The van der Waals surface area contributed by atoms with Gasteiger partial charge in [-0.1, -0.05) is 164 Å². The molecule has 0 aliphatic rings. The van der Waals surface area contributed by atoms with E-state index in [-0.39, 0.29) is 0 Å². The molecule has 11 rings (SSSR count). The van der Waals surface area contributed by atoms with Gasteiger partial charge in [0.1, 0.15) is 5.58 Å². The lowest BCUT2D eigenvalue weighted by Crippen LogP contribution is -1.97. The van der Waals surface area contributed by atoms with Crippen molar-refractivity contribution in [2.24, 2.45) is 0 Å². The second-order valence-corrected chi connectivity index (χ2v) is 14.2. The monoisotopic (exact) mass is 715 g/mol. The van der Waals surface area contributed by atoms with Crippen LogP contribution < -0.4 is 0 Å². The number of nitrogens with zero attached hydrogens (tertiary/aromatic N) is 3. The fourth-order valence-electron chi connectivity index (χ4n) is 8.19. The van der Waals surface area contributed by atoms with Crippen molar-refractivity contribution in [1.29, 1.82) is 0 Å². The highest BCUT2D eigenvalue weighted by Gasteiger charge is 2.21. The number of benzene rings is 8. The average Bonchev–Trinajstić information content (AvgIpc) is 3.83. The third-order valence-corrected chi connectivity index (χ3v) is 10.8. The molecule has 0 radical (unpaired) electrons. The molecule has 3 heterocycles. The van der Waals surface area contributed by atoms with Gasteiger partial charge in [0.25, 0.3) is 0 Å². The van der Waals surface area contributed by atoms with Gasteiger partial charge in [0.05, 0.1) is 28.1 Å². The van der Waals surface area contributed by atoms with Crippen LogP contribution in [-0.2, 0) is 0 Å². The van der Waals surface area contributed by atoms with Crippen LogP contribution in [0, 0.1) is 0 Å². The molecule has 8 aromatic carbocycles. The quantitative estimate of drug-likeness (QED) is 0.172. The van der Waals surface area contributed by atoms with Crippen LogP contribution in [-0.4, -0.2) is 14.5 Å². The molecule has 0 atom stereocenters. The summed E-state index contributed by atoms with van der Waals surface area (Å²) >= 11 is 0. The van der Waals surface area contributed by atoms with Crippen LogP contribution in [0.15, 0.2) is 205 Å². The molecule has 262 valence electrons. The Labute approximate surface area is 323 Å². The van der Waals surface area contributed by atoms with Gasteiger partial charge in [0.2, 0.25) is 0 Å². The lowest BCUT2D eigenvalue weighted by atomic mass is 9.99. The van der Waals surface area contributed by atoms with E-state index in [0.717, 1.165) is 94.2 Å². The smallest absolute Gasteiger partial charge is 0.160 e. The predicted molar refractivity (Wildman–Crippen MR) is 231 cm³/mol. The third kappa shape index (κ3) is 5.31. The van der Waals surface area contributed by atoms with E-state index in [1.54, 1.807) is 0 Å². The molecule has 4 heteroatoms. The van der Waals surface area contributed by atoms with Crippen molar-refractivity contribution in [2.75, 3.05) is 0 Å². The van der Waals surface area contributed by atoms with E-state index in [4.69, 9.17) is 14.4 Å². The molecule has 0 spiro atoms. The maximum Gasteiger partial charge on any atom is 0.160 e. The molecule has 0 amide bonds. The Hall–Kier alpha value is -7.56. The van der Waals surface area contributed by atoms with Gasteiger partial charge < -0.3 is 8.98 Å². The number of hydrogen-bond acceptors (Lipinski definition) is 3. The molecule has 11 aromatic rings. The second kappa shape index (κ2) is 13.1. The fraction of sp³-hybridized carbons (Fsp3) is 0. The Morgan fingerprint density at radius 2 is 0.946 bits per heavy atom. The summed E-state index contributed by atoms with van der Waals surface area (Å²) in [6.07, 6.45) is 0. The summed E-state index contributed by atoms with van der Waals surface area (Å²) in [5, 5.41) is 4.48. The van der Waals surface area contributed by atoms with Crippen LogP contribution in [0.3, 0.4) is 0 Å². The largest absolute Gasteiger partial charge is 0.454 e. The molecule has 0 saturated carbocycles. The normalized spacial score (nSPS) is 11.6. The first-order valence-electron chi connectivity index (χ1n) is 18.9. The van der Waals surface area contributed by atoms with E-state index in [1.165, 1.54) is 5.56 Å². The highest BCUT2D eigenvalue weighted by molar-refractivity contribution is 6.17. The summed E-state index contributed by atoms with van der Waals surface area (Å²) in [5.74, 6) is 0.676. The van der Waals surface area contributed by atoms with Crippen LogP contribution in [0.1, 0.15) is 0 Å². The van der Waals surface area contributed by atoms with Crippen LogP contribution in [0.5, 0.6) is 0 Å². The first-order chi connectivity index (χ1) is 27.8. The van der Waals surface area contributed by atoms with Crippen molar-refractivity contribution in [3.8, 4) is 61.8 Å². The highest BCUT2D eigenvalue weighted by atomic mass is 16.3. The molecule has 0 bridgehead atoms. The van der Waals surface area contributed by atoms with Crippen molar-refractivity contribution in [3.05, 3.63) is 200 Å². The summed E-state index contributed by atoms with van der Waals surface area (Å²) in [6, 6.07) is 70.1. The van der Waals surface area contributed by atoms with E-state index in [9.17, 15) is 0 Å². The summed E-state index contributed by atoms with van der Waals surface area (Å²) in [6.45, 7) is 0. The average molecular weight is 716 g/mol. The Bertz CT molecular complexity index is 3230. The van der Waals surface area contributed by atoms with Gasteiger partial charge in [-0.3, -0.25) is 0 Å². The van der Waals surface area contributed by atoms with E-state index >= 15 is 0 Å². The topological polar surface area (TPSA) is 43.9 Å². The summed E-state index contributed by atoms with van der Waals surface area (Å²) in [7, 11) is 0. The first-order valence-corrected chi connectivity index (χ1v) is 18.9. The minimum Gasteiger partial charge on any atom is -0.454 e. The van der Waals surface area contributed by atoms with Gasteiger partial charge in [-0.15, -0.1) is 0 Å². The van der Waals surface area contributed by atoms with Gasteiger partial charge in [0, 0.05) is 38.2 Å². The van der Waals surface area contributed by atoms with Crippen molar-refractivity contribution >= 4 is 43.7 Å². The number of rotatable bonds is 6. The van der Waals surface area contributed by atoms with Crippen LogP contribution in [0.2, 0.25) is 0 Å². The predicted octanol–water partition coefficient (Wildman–Crippen LogP) is 13.8. The lowest BCUT2D eigenvalue weighted by molar-refractivity contribution is 0.666. The number of para-hydroxylation sites is 3. The van der Waals surface area contributed by atoms with Gasteiger partial charge in [0.15, 0.2) is 11.4 Å². The maximum absolute atomic E-state index is 6.59. The second-order valence-electron chi connectivity index (χ2n) is 14.2. The zero-order valence-electron chi connectivity index (χ0n) is 30.3.